The Bertz CT molecular complexity index is 740. The van der Waals surface area contributed by atoms with Gasteiger partial charge in [-0.2, -0.15) is 5.26 Å². The number of nitrogens with zero attached hydrogens (tertiary/aromatic N) is 1. The van der Waals surface area contributed by atoms with E-state index in [1.807, 2.05) is 18.2 Å². The minimum Gasteiger partial charge on any atom is -0.497 e. The van der Waals surface area contributed by atoms with Crippen LogP contribution in [0.3, 0.4) is 0 Å². The van der Waals surface area contributed by atoms with Crippen LogP contribution in [0.4, 0.5) is 0 Å². The van der Waals surface area contributed by atoms with Gasteiger partial charge in [-0.3, -0.25) is 4.79 Å². The second-order valence-electron chi connectivity index (χ2n) is 4.47. The molecule has 22 heavy (non-hydrogen) atoms. The normalized spacial score (nSPS) is 10.7. The van der Waals surface area contributed by atoms with E-state index in [1.54, 1.807) is 50.6 Å². The van der Waals surface area contributed by atoms with Gasteiger partial charge in [0.1, 0.15) is 23.1 Å². The van der Waals surface area contributed by atoms with Crippen molar-refractivity contribution in [3.63, 3.8) is 0 Å². The molecule has 4 nitrogen and oxygen atoms in total. The van der Waals surface area contributed by atoms with Crippen molar-refractivity contribution in [1.82, 2.24) is 0 Å². The second kappa shape index (κ2) is 7.09. The second-order valence-corrected chi connectivity index (χ2v) is 4.47. The van der Waals surface area contributed by atoms with E-state index in [1.165, 1.54) is 6.08 Å². The predicted molar refractivity (Wildman–Crippen MR) is 83.9 cm³/mol. The third-order valence-electron chi connectivity index (χ3n) is 3.16. The summed E-state index contributed by atoms with van der Waals surface area (Å²) in [6.45, 7) is 0. The van der Waals surface area contributed by atoms with Crippen molar-refractivity contribution in [2.24, 2.45) is 0 Å². The molecule has 0 unspecified atom stereocenters. The molecule has 0 aliphatic carbocycles. The van der Waals surface area contributed by atoms with Crippen LogP contribution in [0.1, 0.15) is 15.9 Å². The molecule has 0 fully saturated rings. The molecular formula is C18H15NO3. The van der Waals surface area contributed by atoms with Crippen LogP contribution in [0.25, 0.3) is 6.08 Å². The fourth-order valence-electron chi connectivity index (χ4n) is 1.99. The van der Waals surface area contributed by atoms with E-state index in [2.05, 4.69) is 0 Å². The zero-order chi connectivity index (χ0) is 15.9. The number of benzene rings is 2. The number of Topliss-reactive ketones (excluding diaryl/α,β-unsaturated/α-hetero) is 1. The fourth-order valence-corrected chi connectivity index (χ4v) is 1.99. The number of para-hydroxylation sites is 1. The summed E-state index contributed by atoms with van der Waals surface area (Å²) in [5.74, 6) is 0.928. The first-order valence-electron chi connectivity index (χ1n) is 6.63. The Morgan fingerprint density at radius 2 is 1.73 bits per heavy atom. The van der Waals surface area contributed by atoms with Gasteiger partial charge in [0.05, 0.1) is 14.2 Å². The van der Waals surface area contributed by atoms with Crippen molar-refractivity contribution >= 4 is 11.9 Å². The lowest BCUT2D eigenvalue weighted by molar-refractivity contribution is 0.104. The molecule has 0 heterocycles. The van der Waals surface area contributed by atoms with Crippen molar-refractivity contribution in [3.05, 3.63) is 65.2 Å². The summed E-state index contributed by atoms with van der Waals surface area (Å²) in [7, 11) is 3.10. The highest BCUT2D eigenvalue weighted by atomic mass is 16.5. The third kappa shape index (κ3) is 3.33. The zero-order valence-corrected chi connectivity index (χ0v) is 12.4. The Kier molecular flexibility index (Phi) is 4.94. The van der Waals surface area contributed by atoms with Crippen LogP contribution in [0.15, 0.2) is 54.1 Å². The van der Waals surface area contributed by atoms with Crippen LogP contribution in [-0.2, 0) is 0 Å². The topological polar surface area (TPSA) is 59.3 Å². The van der Waals surface area contributed by atoms with Crippen molar-refractivity contribution in [1.29, 1.82) is 5.26 Å². The molecule has 110 valence electrons. The fraction of sp³-hybridized carbons (Fsp3) is 0.111. The van der Waals surface area contributed by atoms with E-state index in [0.717, 1.165) is 0 Å². The molecule has 0 bridgehead atoms. The highest BCUT2D eigenvalue weighted by molar-refractivity contribution is 6.14. The number of carbonyl (C=O) groups excluding carboxylic acids is 1. The molecule has 0 saturated carbocycles. The molecule has 0 aromatic heterocycles. The van der Waals surface area contributed by atoms with Crippen LogP contribution in [0.5, 0.6) is 11.5 Å². The summed E-state index contributed by atoms with van der Waals surface area (Å²) in [6, 6.07) is 15.8. The molecule has 0 saturated heterocycles. The summed E-state index contributed by atoms with van der Waals surface area (Å²) in [6.07, 6.45) is 1.53. The smallest absolute Gasteiger partial charge is 0.203 e. The van der Waals surface area contributed by atoms with E-state index < -0.39 is 0 Å². The van der Waals surface area contributed by atoms with Gasteiger partial charge in [-0.05, 0) is 36.4 Å². The molecule has 4 heteroatoms. The average molecular weight is 293 g/mol. The maximum absolute atomic E-state index is 12.4. The van der Waals surface area contributed by atoms with E-state index in [9.17, 15) is 10.1 Å². The van der Waals surface area contributed by atoms with Gasteiger partial charge in [0.2, 0.25) is 5.78 Å². The molecule has 0 radical (unpaired) electrons. The number of hydrogen-bond acceptors (Lipinski definition) is 4. The first kappa shape index (κ1) is 15.3. The molecule has 0 aliphatic heterocycles. The standard InChI is InChI=1S/C18H15NO3/c1-21-16-9-7-13(8-10-16)18(20)15(12-19)11-14-5-3-4-6-17(14)22-2/h3-11H,1-2H3/b15-11-. The molecule has 0 aliphatic rings. The van der Waals surface area contributed by atoms with E-state index >= 15 is 0 Å². The van der Waals surface area contributed by atoms with Crippen LogP contribution in [0.2, 0.25) is 0 Å². The number of allylic oxidation sites excluding steroid dienone is 1. The summed E-state index contributed by atoms with van der Waals surface area (Å²) >= 11 is 0. The van der Waals surface area contributed by atoms with Crippen molar-refractivity contribution in [2.75, 3.05) is 14.2 Å². The van der Waals surface area contributed by atoms with Crippen LogP contribution in [0, 0.1) is 11.3 Å². The Morgan fingerprint density at radius 3 is 2.32 bits per heavy atom. The molecule has 0 N–H and O–H groups in total. The number of methoxy groups -OCH3 is 2. The molecular weight excluding hydrogens is 278 g/mol. The molecule has 0 atom stereocenters. The van der Waals surface area contributed by atoms with Gasteiger partial charge in [-0.1, -0.05) is 18.2 Å². The molecule has 0 amide bonds. The molecule has 2 aromatic rings. The van der Waals surface area contributed by atoms with Gasteiger partial charge in [0, 0.05) is 11.1 Å². The van der Waals surface area contributed by atoms with Crippen molar-refractivity contribution in [2.45, 2.75) is 0 Å². The van der Waals surface area contributed by atoms with Gasteiger partial charge in [-0.15, -0.1) is 0 Å². The Labute approximate surface area is 129 Å². The Morgan fingerprint density at radius 1 is 1.05 bits per heavy atom. The maximum Gasteiger partial charge on any atom is 0.203 e. The van der Waals surface area contributed by atoms with Crippen LogP contribution in [-0.4, -0.2) is 20.0 Å². The summed E-state index contributed by atoms with van der Waals surface area (Å²) < 4.78 is 10.3. The van der Waals surface area contributed by atoms with Gasteiger partial charge < -0.3 is 9.47 Å². The first-order chi connectivity index (χ1) is 10.7. The summed E-state index contributed by atoms with van der Waals surface area (Å²) in [5.41, 5.74) is 1.17. The van der Waals surface area contributed by atoms with E-state index in [4.69, 9.17) is 9.47 Å². The average Bonchev–Trinajstić information content (AvgIpc) is 2.59. The van der Waals surface area contributed by atoms with Crippen LogP contribution < -0.4 is 9.47 Å². The quantitative estimate of drug-likeness (QED) is 0.481. The molecule has 0 spiro atoms. The van der Waals surface area contributed by atoms with Gasteiger partial charge in [-0.25, -0.2) is 0 Å². The number of ketones is 1. The van der Waals surface area contributed by atoms with Gasteiger partial charge in [0.25, 0.3) is 0 Å². The lowest BCUT2D eigenvalue weighted by Gasteiger charge is -2.05. The van der Waals surface area contributed by atoms with Gasteiger partial charge in [0.15, 0.2) is 0 Å². The summed E-state index contributed by atoms with van der Waals surface area (Å²) in [4.78, 5) is 12.4. The number of rotatable bonds is 5. The van der Waals surface area contributed by atoms with E-state index in [-0.39, 0.29) is 11.4 Å². The molecule has 2 aromatic carbocycles. The first-order valence-corrected chi connectivity index (χ1v) is 6.63. The Hall–Kier alpha value is -3.06. The van der Waals surface area contributed by atoms with Gasteiger partial charge >= 0.3 is 0 Å². The van der Waals surface area contributed by atoms with Crippen LogP contribution >= 0.6 is 0 Å². The third-order valence-corrected chi connectivity index (χ3v) is 3.16. The highest BCUT2D eigenvalue weighted by Gasteiger charge is 2.13. The lowest BCUT2D eigenvalue weighted by atomic mass is 10.0. The maximum atomic E-state index is 12.4. The summed E-state index contributed by atoms with van der Waals surface area (Å²) in [5, 5.41) is 9.28. The predicted octanol–water partition coefficient (Wildman–Crippen LogP) is 3.49. The monoisotopic (exact) mass is 293 g/mol. The highest BCUT2D eigenvalue weighted by Crippen LogP contribution is 2.22. The SMILES string of the molecule is COc1ccc(C(=O)/C(C#N)=C\c2ccccc2OC)cc1. The van der Waals surface area contributed by atoms with E-state index in [0.29, 0.717) is 22.6 Å². The zero-order valence-electron chi connectivity index (χ0n) is 12.4. The number of nitriles is 1. The molecule has 2 rings (SSSR count). The van der Waals surface area contributed by atoms with Crippen molar-refractivity contribution in [3.8, 4) is 17.6 Å². The largest absolute Gasteiger partial charge is 0.497 e. The minimum absolute atomic E-state index is 0.0506. The van der Waals surface area contributed by atoms with Crippen molar-refractivity contribution < 1.29 is 14.3 Å². The lowest BCUT2D eigenvalue weighted by Crippen LogP contribution is -2.02. The minimum atomic E-state index is -0.337. The number of hydrogen-bond donors (Lipinski definition) is 0. The number of ether oxygens (including phenoxy) is 2. The number of carbonyl (C=O) groups is 1. The Balaban J connectivity index is 2.36.